The molecule has 0 amide bonds. The number of nitrogens with two attached hydrogens (primary N) is 1. The zero-order chi connectivity index (χ0) is 12.1. The highest BCUT2D eigenvalue weighted by atomic mass is 32.1. The molecule has 1 fully saturated rings. The van der Waals surface area contributed by atoms with Gasteiger partial charge in [-0.15, -0.1) is 5.10 Å². The number of anilines is 1. The SMILES string of the molecule is NC(=S)c1ccnnc1NCC1CCCCO1. The van der Waals surface area contributed by atoms with Crippen LogP contribution in [0.5, 0.6) is 0 Å². The molecule has 0 bridgehead atoms. The zero-order valence-corrected chi connectivity index (χ0v) is 10.4. The van der Waals surface area contributed by atoms with Crippen molar-refractivity contribution in [3.05, 3.63) is 17.8 Å². The van der Waals surface area contributed by atoms with Gasteiger partial charge in [-0.3, -0.25) is 0 Å². The number of aromatic nitrogens is 2. The van der Waals surface area contributed by atoms with Crippen molar-refractivity contribution >= 4 is 23.0 Å². The second-order valence-electron chi connectivity index (χ2n) is 4.03. The predicted octanol–water partition coefficient (Wildman–Crippen LogP) is 1.09. The molecule has 1 saturated heterocycles. The Balaban J connectivity index is 1.96. The van der Waals surface area contributed by atoms with E-state index in [0.717, 1.165) is 25.0 Å². The molecule has 0 saturated carbocycles. The largest absolute Gasteiger partial charge is 0.389 e. The number of ether oxygens (including phenoxy) is 1. The highest BCUT2D eigenvalue weighted by molar-refractivity contribution is 7.80. The van der Waals surface area contributed by atoms with Crippen molar-refractivity contribution in [1.82, 2.24) is 10.2 Å². The molecule has 3 N–H and O–H groups in total. The van der Waals surface area contributed by atoms with Crippen LogP contribution in [0.1, 0.15) is 24.8 Å². The highest BCUT2D eigenvalue weighted by Crippen LogP contribution is 2.15. The minimum Gasteiger partial charge on any atom is -0.389 e. The molecule has 2 rings (SSSR count). The molecule has 1 aromatic rings. The van der Waals surface area contributed by atoms with E-state index in [1.165, 1.54) is 6.42 Å². The Morgan fingerprint density at radius 1 is 1.59 bits per heavy atom. The summed E-state index contributed by atoms with van der Waals surface area (Å²) in [5.41, 5.74) is 6.34. The first-order valence-corrected chi connectivity index (χ1v) is 6.15. The van der Waals surface area contributed by atoms with Crippen molar-refractivity contribution < 1.29 is 4.74 Å². The Hall–Kier alpha value is -1.27. The van der Waals surface area contributed by atoms with Crippen molar-refractivity contribution in [2.75, 3.05) is 18.5 Å². The van der Waals surface area contributed by atoms with Gasteiger partial charge >= 0.3 is 0 Å². The maximum atomic E-state index is 5.63. The molecule has 5 nitrogen and oxygen atoms in total. The molecule has 0 aliphatic carbocycles. The van der Waals surface area contributed by atoms with Crippen LogP contribution in [-0.2, 0) is 4.74 Å². The summed E-state index contributed by atoms with van der Waals surface area (Å²) < 4.78 is 5.63. The number of rotatable bonds is 4. The van der Waals surface area contributed by atoms with E-state index >= 15 is 0 Å². The zero-order valence-electron chi connectivity index (χ0n) is 9.56. The topological polar surface area (TPSA) is 73.1 Å². The van der Waals surface area contributed by atoms with E-state index in [-0.39, 0.29) is 6.10 Å². The number of nitrogens with one attached hydrogen (secondary N) is 1. The first kappa shape index (κ1) is 12.2. The lowest BCUT2D eigenvalue weighted by atomic mass is 10.1. The molecule has 0 radical (unpaired) electrons. The summed E-state index contributed by atoms with van der Waals surface area (Å²) in [6, 6.07) is 1.76. The summed E-state index contributed by atoms with van der Waals surface area (Å²) in [6.45, 7) is 1.56. The molecule has 1 atom stereocenters. The van der Waals surface area contributed by atoms with Gasteiger partial charge < -0.3 is 15.8 Å². The van der Waals surface area contributed by atoms with Crippen LogP contribution in [0.25, 0.3) is 0 Å². The van der Waals surface area contributed by atoms with Crippen LogP contribution < -0.4 is 11.1 Å². The van der Waals surface area contributed by atoms with Gasteiger partial charge in [-0.2, -0.15) is 5.10 Å². The highest BCUT2D eigenvalue weighted by Gasteiger charge is 2.14. The van der Waals surface area contributed by atoms with Crippen LogP contribution in [0.3, 0.4) is 0 Å². The summed E-state index contributed by atoms with van der Waals surface area (Å²) in [7, 11) is 0. The molecule has 17 heavy (non-hydrogen) atoms. The Kier molecular flexibility index (Phi) is 4.22. The smallest absolute Gasteiger partial charge is 0.159 e. The first-order valence-electron chi connectivity index (χ1n) is 5.74. The standard InChI is InChI=1S/C11H16N4OS/c12-10(17)9-4-5-14-15-11(9)13-7-8-3-1-2-6-16-8/h4-5,8H,1-3,6-7H2,(H2,12,17)(H,13,15). The fourth-order valence-electron chi connectivity index (χ4n) is 1.84. The summed E-state index contributed by atoms with van der Waals surface area (Å²) in [6.07, 6.45) is 5.27. The number of hydrogen-bond acceptors (Lipinski definition) is 5. The Labute approximate surface area is 106 Å². The van der Waals surface area contributed by atoms with Gasteiger partial charge in [0.05, 0.1) is 17.9 Å². The monoisotopic (exact) mass is 252 g/mol. The fourth-order valence-corrected chi connectivity index (χ4v) is 2.00. The van der Waals surface area contributed by atoms with E-state index in [9.17, 15) is 0 Å². The number of thiocarbonyl (C=S) groups is 1. The van der Waals surface area contributed by atoms with Gasteiger partial charge in [0, 0.05) is 13.2 Å². The molecular formula is C11H16N4OS. The van der Waals surface area contributed by atoms with Gasteiger partial charge in [0.2, 0.25) is 0 Å². The maximum absolute atomic E-state index is 5.63. The quantitative estimate of drug-likeness (QED) is 0.782. The second-order valence-corrected chi connectivity index (χ2v) is 4.47. The lowest BCUT2D eigenvalue weighted by molar-refractivity contribution is 0.0247. The van der Waals surface area contributed by atoms with Crippen LogP contribution in [-0.4, -0.2) is 34.4 Å². The van der Waals surface area contributed by atoms with Gasteiger partial charge in [0.25, 0.3) is 0 Å². The molecule has 1 aliphatic heterocycles. The Morgan fingerprint density at radius 3 is 3.18 bits per heavy atom. The maximum Gasteiger partial charge on any atom is 0.159 e. The summed E-state index contributed by atoms with van der Waals surface area (Å²) >= 11 is 4.96. The predicted molar refractivity (Wildman–Crippen MR) is 70.0 cm³/mol. The van der Waals surface area contributed by atoms with E-state index in [4.69, 9.17) is 22.7 Å². The number of nitrogens with zero attached hydrogens (tertiary/aromatic N) is 2. The summed E-state index contributed by atoms with van der Waals surface area (Å²) in [4.78, 5) is 0.326. The van der Waals surface area contributed by atoms with E-state index in [1.807, 2.05) is 0 Å². The van der Waals surface area contributed by atoms with Gasteiger partial charge in [-0.05, 0) is 25.3 Å². The van der Waals surface area contributed by atoms with Gasteiger partial charge in [-0.1, -0.05) is 12.2 Å². The third-order valence-corrected chi connectivity index (χ3v) is 2.98. The summed E-state index contributed by atoms with van der Waals surface area (Å²) in [5.74, 6) is 0.633. The molecule has 1 aliphatic rings. The molecule has 6 heteroatoms. The van der Waals surface area contributed by atoms with Crippen LogP contribution >= 0.6 is 12.2 Å². The van der Waals surface area contributed by atoms with E-state index < -0.39 is 0 Å². The third kappa shape index (κ3) is 3.34. The average Bonchev–Trinajstić information content (AvgIpc) is 2.38. The van der Waals surface area contributed by atoms with Gasteiger partial charge in [0.1, 0.15) is 4.99 Å². The Bertz CT molecular complexity index is 393. The molecule has 92 valence electrons. The van der Waals surface area contributed by atoms with E-state index in [0.29, 0.717) is 17.4 Å². The molecule has 1 aromatic heterocycles. The van der Waals surface area contributed by atoms with Crippen LogP contribution in [0, 0.1) is 0 Å². The third-order valence-electron chi connectivity index (χ3n) is 2.76. The molecule has 0 aromatic carbocycles. The van der Waals surface area contributed by atoms with E-state index in [1.54, 1.807) is 12.3 Å². The van der Waals surface area contributed by atoms with Gasteiger partial charge in [-0.25, -0.2) is 0 Å². The Morgan fingerprint density at radius 2 is 2.47 bits per heavy atom. The minimum absolute atomic E-state index is 0.241. The average molecular weight is 252 g/mol. The van der Waals surface area contributed by atoms with Crippen molar-refractivity contribution in [2.24, 2.45) is 5.73 Å². The molecular weight excluding hydrogens is 236 g/mol. The van der Waals surface area contributed by atoms with Crippen molar-refractivity contribution in [2.45, 2.75) is 25.4 Å². The van der Waals surface area contributed by atoms with Crippen molar-refractivity contribution in [3.63, 3.8) is 0 Å². The van der Waals surface area contributed by atoms with Crippen molar-refractivity contribution in [1.29, 1.82) is 0 Å². The molecule has 0 spiro atoms. The van der Waals surface area contributed by atoms with Gasteiger partial charge in [0.15, 0.2) is 5.82 Å². The fraction of sp³-hybridized carbons (Fsp3) is 0.545. The van der Waals surface area contributed by atoms with Crippen LogP contribution in [0.2, 0.25) is 0 Å². The molecule has 1 unspecified atom stereocenters. The lowest BCUT2D eigenvalue weighted by Gasteiger charge is -2.23. The molecule has 2 heterocycles. The van der Waals surface area contributed by atoms with Crippen LogP contribution in [0.4, 0.5) is 5.82 Å². The first-order chi connectivity index (χ1) is 8.27. The number of hydrogen-bond donors (Lipinski definition) is 2. The van der Waals surface area contributed by atoms with E-state index in [2.05, 4.69) is 15.5 Å². The normalized spacial score (nSPS) is 19.9. The lowest BCUT2D eigenvalue weighted by Crippen LogP contribution is -2.28. The van der Waals surface area contributed by atoms with Crippen LogP contribution in [0.15, 0.2) is 12.3 Å². The van der Waals surface area contributed by atoms with Crippen molar-refractivity contribution in [3.8, 4) is 0 Å². The minimum atomic E-state index is 0.241. The summed E-state index contributed by atoms with van der Waals surface area (Å²) in [5, 5.41) is 11.0. The second kappa shape index (κ2) is 5.88.